The van der Waals surface area contributed by atoms with E-state index in [0.29, 0.717) is 35.2 Å². The maximum atomic E-state index is 13.3. The van der Waals surface area contributed by atoms with E-state index >= 15 is 0 Å². The maximum absolute atomic E-state index is 13.3. The van der Waals surface area contributed by atoms with Crippen LogP contribution in [0.5, 0.6) is 0 Å². The van der Waals surface area contributed by atoms with Gasteiger partial charge in [-0.1, -0.05) is 23.2 Å². The van der Waals surface area contributed by atoms with Gasteiger partial charge in [-0.3, -0.25) is 0 Å². The van der Waals surface area contributed by atoms with Crippen LogP contribution in [0, 0.1) is 0 Å². The van der Waals surface area contributed by atoms with Crippen LogP contribution in [-0.4, -0.2) is 37.2 Å². The van der Waals surface area contributed by atoms with Gasteiger partial charge in [-0.15, -0.1) is 0 Å². The Labute approximate surface area is 159 Å². The summed E-state index contributed by atoms with van der Waals surface area (Å²) in [7, 11) is 3.35. The Kier molecular flexibility index (Phi) is 6.91. The fourth-order valence-corrected chi connectivity index (χ4v) is 2.52. The van der Waals surface area contributed by atoms with Gasteiger partial charge in [0.2, 0.25) is 5.95 Å². The summed E-state index contributed by atoms with van der Waals surface area (Å²) in [5, 5.41) is 6.48. The van der Waals surface area contributed by atoms with Gasteiger partial charge in [0.1, 0.15) is 11.4 Å². The van der Waals surface area contributed by atoms with Crippen molar-refractivity contribution >= 4 is 40.7 Å². The lowest BCUT2D eigenvalue weighted by molar-refractivity contribution is -0.137. The molecule has 5 nitrogen and oxygen atoms in total. The Bertz CT molecular complexity index is 755. The summed E-state index contributed by atoms with van der Waals surface area (Å²) in [6.07, 6.45) is -3.10. The van der Waals surface area contributed by atoms with Crippen LogP contribution in [0.25, 0.3) is 0 Å². The molecule has 0 amide bonds. The van der Waals surface area contributed by atoms with Gasteiger partial charge in [0.15, 0.2) is 0 Å². The molecule has 2 rings (SSSR count). The Morgan fingerprint density at radius 3 is 2.54 bits per heavy atom. The quantitative estimate of drug-likeness (QED) is 0.657. The number of alkyl halides is 3. The van der Waals surface area contributed by atoms with Crippen LogP contribution in [0.3, 0.4) is 0 Å². The summed E-state index contributed by atoms with van der Waals surface area (Å²) in [5.41, 5.74) is -0.368. The van der Waals surface area contributed by atoms with Crippen molar-refractivity contribution in [1.29, 1.82) is 0 Å². The Balaban J connectivity index is 2.30. The summed E-state index contributed by atoms with van der Waals surface area (Å²) in [6, 6.07) is 4.74. The van der Waals surface area contributed by atoms with Crippen LogP contribution in [0.15, 0.2) is 24.4 Å². The van der Waals surface area contributed by atoms with E-state index in [1.54, 1.807) is 32.3 Å². The smallest absolute Gasteiger partial charge is 0.359 e. The number of halogens is 5. The average Bonchev–Trinajstić information content (AvgIpc) is 2.57. The zero-order valence-corrected chi connectivity index (χ0v) is 15.7. The number of aromatic nitrogens is 2. The molecule has 0 fully saturated rings. The lowest BCUT2D eigenvalue weighted by atomic mass is 10.2. The third kappa shape index (κ3) is 5.36. The van der Waals surface area contributed by atoms with E-state index in [1.165, 1.54) is 4.90 Å². The molecule has 142 valence electrons. The monoisotopic (exact) mass is 407 g/mol. The molecule has 0 unspecified atom stereocenters. The molecule has 1 aromatic carbocycles. The predicted molar refractivity (Wildman–Crippen MR) is 98.6 cm³/mol. The highest BCUT2D eigenvalue weighted by Crippen LogP contribution is 2.35. The van der Waals surface area contributed by atoms with Gasteiger partial charge >= 0.3 is 6.18 Å². The Morgan fingerprint density at radius 1 is 1.19 bits per heavy atom. The van der Waals surface area contributed by atoms with Crippen LogP contribution in [-0.2, 0) is 6.18 Å². The van der Waals surface area contributed by atoms with Gasteiger partial charge in [-0.2, -0.15) is 18.2 Å². The number of hydrogen-bond donors (Lipinski definition) is 2. The van der Waals surface area contributed by atoms with Crippen LogP contribution in [0.2, 0.25) is 10.0 Å². The number of benzene rings is 1. The lowest BCUT2D eigenvalue weighted by Gasteiger charge is -2.22. The molecule has 26 heavy (non-hydrogen) atoms. The van der Waals surface area contributed by atoms with Crippen LogP contribution in [0.1, 0.15) is 12.0 Å². The first-order chi connectivity index (χ1) is 12.2. The number of anilines is 3. The Hall–Kier alpha value is -1.77. The van der Waals surface area contributed by atoms with Crippen LogP contribution in [0.4, 0.5) is 30.6 Å². The van der Waals surface area contributed by atoms with Crippen molar-refractivity contribution in [2.45, 2.75) is 12.6 Å². The van der Waals surface area contributed by atoms with Crippen molar-refractivity contribution in [3.8, 4) is 0 Å². The fourth-order valence-electron chi connectivity index (χ4n) is 2.23. The normalized spacial score (nSPS) is 11.5. The number of rotatable bonds is 7. The molecule has 2 aromatic rings. The largest absolute Gasteiger partial charge is 0.421 e. The van der Waals surface area contributed by atoms with Crippen molar-refractivity contribution in [3.63, 3.8) is 0 Å². The van der Waals surface area contributed by atoms with Crippen molar-refractivity contribution in [2.75, 3.05) is 37.4 Å². The second kappa shape index (κ2) is 8.75. The van der Waals surface area contributed by atoms with E-state index in [9.17, 15) is 13.2 Å². The molecule has 0 radical (unpaired) electrons. The van der Waals surface area contributed by atoms with Crippen molar-refractivity contribution in [3.05, 3.63) is 40.0 Å². The molecule has 0 aliphatic carbocycles. The zero-order chi connectivity index (χ0) is 19.3. The second-order valence-corrected chi connectivity index (χ2v) is 6.38. The van der Waals surface area contributed by atoms with E-state index in [1.807, 2.05) is 0 Å². The molecule has 0 bridgehead atoms. The molecule has 0 saturated carbocycles. The fraction of sp³-hybridized carbons (Fsp3) is 0.375. The summed E-state index contributed by atoms with van der Waals surface area (Å²) < 4.78 is 39.8. The van der Waals surface area contributed by atoms with Crippen molar-refractivity contribution in [2.24, 2.45) is 0 Å². The standard InChI is InChI=1S/C16H18Cl2F3N5/c1-22-6-3-7-26(2)14-11(16(19,20)21)9-23-15(25-14)24-10-4-5-12(17)13(18)8-10/h4-5,8-9,22H,3,6-7H2,1-2H3,(H,23,24,25). The van der Waals surface area contributed by atoms with E-state index in [-0.39, 0.29) is 11.8 Å². The minimum absolute atomic E-state index is 0.0341. The molecule has 0 aliphatic rings. The molecule has 0 spiro atoms. The second-order valence-electron chi connectivity index (χ2n) is 5.56. The lowest BCUT2D eigenvalue weighted by Crippen LogP contribution is -2.26. The Morgan fingerprint density at radius 2 is 1.92 bits per heavy atom. The van der Waals surface area contributed by atoms with Gasteiger partial charge in [0.05, 0.1) is 10.0 Å². The van der Waals surface area contributed by atoms with Crippen LogP contribution >= 0.6 is 23.2 Å². The van der Waals surface area contributed by atoms with Crippen molar-refractivity contribution < 1.29 is 13.2 Å². The average molecular weight is 408 g/mol. The van der Waals surface area contributed by atoms with Crippen molar-refractivity contribution in [1.82, 2.24) is 15.3 Å². The minimum Gasteiger partial charge on any atom is -0.359 e. The first-order valence-corrected chi connectivity index (χ1v) is 8.50. The number of nitrogens with zero attached hydrogens (tertiary/aromatic N) is 3. The first-order valence-electron chi connectivity index (χ1n) is 7.74. The molecular formula is C16H18Cl2F3N5. The summed E-state index contributed by atoms with van der Waals surface area (Å²) in [4.78, 5) is 9.29. The van der Waals surface area contributed by atoms with E-state index in [4.69, 9.17) is 23.2 Å². The highest BCUT2D eigenvalue weighted by Gasteiger charge is 2.36. The van der Waals surface area contributed by atoms with Gasteiger partial charge in [0.25, 0.3) is 0 Å². The number of nitrogens with one attached hydrogen (secondary N) is 2. The summed E-state index contributed by atoms with van der Waals surface area (Å²) in [5.74, 6) is -0.155. The zero-order valence-electron chi connectivity index (χ0n) is 14.2. The predicted octanol–water partition coefficient (Wildman–Crippen LogP) is 4.59. The molecule has 0 saturated heterocycles. The minimum atomic E-state index is -4.55. The molecule has 1 aromatic heterocycles. The molecule has 0 aliphatic heterocycles. The molecule has 2 N–H and O–H groups in total. The third-order valence-electron chi connectivity index (χ3n) is 3.53. The van der Waals surface area contributed by atoms with Crippen LogP contribution < -0.4 is 15.5 Å². The highest BCUT2D eigenvalue weighted by atomic mass is 35.5. The molecule has 10 heteroatoms. The van der Waals surface area contributed by atoms with Gasteiger partial charge in [-0.05, 0) is 38.2 Å². The number of hydrogen-bond acceptors (Lipinski definition) is 5. The van der Waals surface area contributed by atoms with Gasteiger partial charge in [-0.25, -0.2) is 4.98 Å². The maximum Gasteiger partial charge on any atom is 0.421 e. The molecule has 0 atom stereocenters. The summed E-state index contributed by atoms with van der Waals surface area (Å²) in [6.45, 7) is 1.10. The molecule has 1 heterocycles. The first kappa shape index (κ1) is 20.5. The topological polar surface area (TPSA) is 53.1 Å². The third-order valence-corrected chi connectivity index (χ3v) is 4.27. The summed E-state index contributed by atoms with van der Waals surface area (Å²) >= 11 is 11.8. The van der Waals surface area contributed by atoms with Gasteiger partial charge in [0, 0.05) is 25.5 Å². The molecular weight excluding hydrogens is 390 g/mol. The van der Waals surface area contributed by atoms with E-state index in [2.05, 4.69) is 20.6 Å². The SMILES string of the molecule is CNCCCN(C)c1nc(Nc2ccc(Cl)c(Cl)c2)ncc1C(F)(F)F. The van der Waals surface area contributed by atoms with E-state index < -0.39 is 11.7 Å². The van der Waals surface area contributed by atoms with Gasteiger partial charge < -0.3 is 15.5 Å². The highest BCUT2D eigenvalue weighted by molar-refractivity contribution is 6.42. The van der Waals surface area contributed by atoms with E-state index in [0.717, 1.165) is 6.20 Å².